The summed E-state index contributed by atoms with van der Waals surface area (Å²) in [5, 5.41) is 57.2. The topological polar surface area (TPSA) is 138 Å². The lowest BCUT2D eigenvalue weighted by Crippen LogP contribution is -2.58. The van der Waals surface area contributed by atoms with Crippen LogP contribution in [-0.2, 0) is 4.79 Å². The minimum absolute atomic E-state index is 0.123. The second kappa shape index (κ2) is 4.02. The van der Waals surface area contributed by atoms with Gasteiger partial charge < -0.3 is 35.4 Å². The highest BCUT2D eigenvalue weighted by Gasteiger charge is 2.66. The predicted octanol–water partition coefficient (Wildman–Crippen LogP) is -3.49. The first-order chi connectivity index (χ1) is 7.18. The first kappa shape index (κ1) is 13.5. The SMILES string of the molecule is C[C@]1(O)[C@H](O)[C@@H](O)[C@H](O)[C@@]1(O)C[C@H](O)C=O. The number of rotatable bonds is 3. The molecule has 1 saturated carbocycles. The van der Waals surface area contributed by atoms with Gasteiger partial charge in [-0.25, -0.2) is 0 Å². The Labute approximate surface area is 91.6 Å². The Hall–Kier alpha value is -0.570. The van der Waals surface area contributed by atoms with Crippen LogP contribution in [0.3, 0.4) is 0 Å². The summed E-state index contributed by atoms with van der Waals surface area (Å²) in [4.78, 5) is 10.3. The second-order valence-electron chi connectivity index (χ2n) is 4.36. The Bertz CT molecular complexity index is 279. The maximum atomic E-state index is 10.3. The molecule has 0 heterocycles. The Morgan fingerprint density at radius 3 is 2.06 bits per heavy atom. The Balaban J connectivity index is 3.04. The Morgan fingerprint density at radius 1 is 1.25 bits per heavy atom. The molecule has 6 atom stereocenters. The summed E-state index contributed by atoms with van der Waals surface area (Å²) in [5.74, 6) is 0. The number of aliphatic hydroxyl groups excluding tert-OH is 4. The van der Waals surface area contributed by atoms with Crippen molar-refractivity contribution in [2.75, 3.05) is 0 Å². The van der Waals surface area contributed by atoms with E-state index < -0.39 is 42.0 Å². The van der Waals surface area contributed by atoms with E-state index in [0.29, 0.717) is 0 Å². The largest absolute Gasteiger partial charge is 0.387 e. The van der Waals surface area contributed by atoms with E-state index in [2.05, 4.69) is 0 Å². The highest BCUT2D eigenvalue weighted by Crippen LogP contribution is 2.42. The van der Waals surface area contributed by atoms with Gasteiger partial charge in [-0.3, -0.25) is 0 Å². The smallest absolute Gasteiger partial charge is 0.148 e. The van der Waals surface area contributed by atoms with Gasteiger partial charge in [-0.2, -0.15) is 0 Å². The lowest BCUT2D eigenvalue weighted by Gasteiger charge is -2.38. The third kappa shape index (κ3) is 1.65. The minimum atomic E-state index is -2.36. The van der Waals surface area contributed by atoms with Gasteiger partial charge in [0, 0.05) is 6.42 Å². The molecule has 1 fully saturated rings. The summed E-state index contributed by atoms with van der Waals surface area (Å²) in [5.41, 5.74) is -4.58. The summed E-state index contributed by atoms with van der Waals surface area (Å²) < 4.78 is 0. The summed E-state index contributed by atoms with van der Waals surface area (Å²) in [6.07, 6.45) is -7.54. The lowest BCUT2D eigenvalue weighted by atomic mass is 9.81. The van der Waals surface area contributed by atoms with Gasteiger partial charge in [-0.1, -0.05) is 0 Å². The maximum absolute atomic E-state index is 10.3. The molecule has 7 heteroatoms. The maximum Gasteiger partial charge on any atom is 0.148 e. The van der Waals surface area contributed by atoms with Gasteiger partial charge in [0.15, 0.2) is 0 Å². The zero-order valence-electron chi connectivity index (χ0n) is 8.69. The predicted molar refractivity (Wildman–Crippen MR) is 50.3 cm³/mol. The van der Waals surface area contributed by atoms with Crippen molar-refractivity contribution in [1.82, 2.24) is 0 Å². The number of carbonyl (C=O) groups excluding carboxylic acids is 1. The Kier molecular flexibility index (Phi) is 3.39. The van der Waals surface area contributed by atoms with E-state index >= 15 is 0 Å². The first-order valence-corrected chi connectivity index (χ1v) is 4.80. The van der Waals surface area contributed by atoms with E-state index in [0.717, 1.165) is 6.92 Å². The molecule has 0 bridgehead atoms. The molecule has 0 aromatic heterocycles. The second-order valence-corrected chi connectivity index (χ2v) is 4.36. The molecule has 0 spiro atoms. The fourth-order valence-corrected chi connectivity index (χ4v) is 2.04. The van der Waals surface area contributed by atoms with Crippen molar-refractivity contribution < 1.29 is 35.4 Å². The van der Waals surface area contributed by atoms with Crippen LogP contribution < -0.4 is 0 Å². The van der Waals surface area contributed by atoms with Crippen molar-refractivity contribution in [1.29, 1.82) is 0 Å². The van der Waals surface area contributed by atoms with Crippen molar-refractivity contribution >= 4 is 6.29 Å². The highest BCUT2D eigenvalue weighted by atomic mass is 16.4. The summed E-state index contributed by atoms with van der Waals surface area (Å²) in [7, 11) is 0. The molecule has 16 heavy (non-hydrogen) atoms. The van der Waals surface area contributed by atoms with Gasteiger partial charge in [0.25, 0.3) is 0 Å². The van der Waals surface area contributed by atoms with Crippen LogP contribution in [0.25, 0.3) is 0 Å². The van der Waals surface area contributed by atoms with Crippen LogP contribution in [0, 0.1) is 0 Å². The van der Waals surface area contributed by atoms with Crippen molar-refractivity contribution in [3.63, 3.8) is 0 Å². The third-order valence-corrected chi connectivity index (χ3v) is 3.27. The zero-order chi connectivity index (χ0) is 12.7. The molecular formula is C9H16O7. The number of aliphatic hydroxyl groups is 6. The molecule has 0 unspecified atom stereocenters. The molecule has 7 nitrogen and oxygen atoms in total. The average Bonchev–Trinajstić information content (AvgIpc) is 2.33. The monoisotopic (exact) mass is 236 g/mol. The van der Waals surface area contributed by atoms with E-state index in [1.165, 1.54) is 0 Å². The van der Waals surface area contributed by atoms with Crippen LogP contribution in [0.4, 0.5) is 0 Å². The van der Waals surface area contributed by atoms with E-state index in [4.69, 9.17) is 5.11 Å². The molecule has 0 saturated heterocycles. The standard InChI is InChI=1S/C9H16O7/c1-8(15)6(13)5(12)7(14)9(8,16)2-4(11)3-10/h3-7,11-16H,2H2,1H3/t4-,5+,6+,7-,8-,9-/m0/s1. The molecule has 0 aliphatic heterocycles. The molecule has 0 amide bonds. The van der Waals surface area contributed by atoms with Gasteiger partial charge in [0.2, 0.25) is 0 Å². The van der Waals surface area contributed by atoms with E-state index in [1.54, 1.807) is 0 Å². The van der Waals surface area contributed by atoms with Crippen molar-refractivity contribution in [2.24, 2.45) is 0 Å². The molecular weight excluding hydrogens is 220 g/mol. The molecule has 94 valence electrons. The fourth-order valence-electron chi connectivity index (χ4n) is 2.04. The normalized spacial score (nSPS) is 50.3. The first-order valence-electron chi connectivity index (χ1n) is 4.80. The van der Waals surface area contributed by atoms with Crippen molar-refractivity contribution in [3.05, 3.63) is 0 Å². The van der Waals surface area contributed by atoms with Crippen LogP contribution in [0.15, 0.2) is 0 Å². The lowest BCUT2D eigenvalue weighted by molar-refractivity contribution is -0.194. The van der Waals surface area contributed by atoms with Gasteiger partial charge >= 0.3 is 0 Å². The number of hydrogen-bond acceptors (Lipinski definition) is 7. The average molecular weight is 236 g/mol. The molecule has 6 N–H and O–H groups in total. The number of aldehydes is 1. The highest BCUT2D eigenvalue weighted by molar-refractivity contribution is 5.56. The molecule has 1 rings (SSSR count). The van der Waals surface area contributed by atoms with Crippen LogP contribution >= 0.6 is 0 Å². The third-order valence-electron chi connectivity index (χ3n) is 3.27. The van der Waals surface area contributed by atoms with Crippen LogP contribution in [0.5, 0.6) is 0 Å². The van der Waals surface area contributed by atoms with Gasteiger partial charge in [-0.05, 0) is 6.92 Å². The molecule has 0 radical (unpaired) electrons. The number of hydrogen-bond donors (Lipinski definition) is 6. The van der Waals surface area contributed by atoms with Gasteiger partial charge in [0.05, 0.1) is 0 Å². The zero-order valence-corrected chi connectivity index (χ0v) is 8.69. The van der Waals surface area contributed by atoms with E-state index in [1.807, 2.05) is 0 Å². The summed E-state index contributed by atoms with van der Waals surface area (Å²) in [6, 6.07) is 0. The van der Waals surface area contributed by atoms with Crippen LogP contribution in [-0.4, -0.2) is 72.5 Å². The van der Waals surface area contributed by atoms with E-state index in [9.17, 15) is 30.3 Å². The van der Waals surface area contributed by atoms with Crippen molar-refractivity contribution in [2.45, 2.75) is 49.0 Å². The molecule has 1 aliphatic rings. The summed E-state index contributed by atoms with van der Waals surface area (Å²) in [6.45, 7) is 1.01. The summed E-state index contributed by atoms with van der Waals surface area (Å²) >= 11 is 0. The van der Waals surface area contributed by atoms with Crippen LogP contribution in [0.1, 0.15) is 13.3 Å². The minimum Gasteiger partial charge on any atom is -0.387 e. The fraction of sp³-hybridized carbons (Fsp3) is 0.889. The number of carbonyl (C=O) groups is 1. The molecule has 1 aliphatic carbocycles. The van der Waals surface area contributed by atoms with E-state index in [-0.39, 0.29) is 6.29 Å². The molecule has 0 aromatic rings. The van der Waals surface area contributed by atoms with Crippen molar-refractivity contribution in [3.8, 4) is 0 Å². The quantitative estimate of drug-likeness (QED) is 0.280. The van der Waals surface area contributed by atoms with Gasteiger partial charge in [0.1, 0.15) is 41.9 Å². The Morgan fingerprint density at radius 2 is 1.75 bits per heavy atom. The van der Waals surface area contributed by atoms with Gasteiger partial charge in [-0.15, -0.1) is 0 Å². The van der Waals surface area contributed by atoms with Crippen LogP contribution in [0.2, 0.25) is 0 Å². The molecule has 0 aromatic carbocycles.